The predicted octanol–water partition coefficient (Wildman–Crippen LogP) is 6.34. The fourth-order valence-corrected chi connectivity index (χ4v) is 2.57. The highest BCUT2D eigenvalue weighted by Crippen LogP contribution is 2.44. The molecular weight excluding hydrogens is 348 g/mol. The lowest BCUT2D eigenvalue weighted by Gasteiger charge is -2.16. The van der Waals surface area contributed by atoms with Crippen LogP contribution in [0.25, 0.3) is 11.1 Å². The average Bonchev–Trinajstić information content (AvgIpc) is 2.41. The lowest BCUT2D eigenvalue weighted by atomic mass is 10.0. The number of methoxy groups -OCH3 is 1. The van der Waals surface area contributed by atoms with Gasteiger partial charge in [-0.3, -0.25) is 0 Å². The Morgan fingerprint density at radius 3 is 2.10 bits per heavy atom. The van der Waals surface area contributed by atoms with Gasteiger partial charge in [0, 0.05) is 11.1 Å². The maximum absolute atomic E-state index is 13.0. The second-order valence-corrected chi connectivity index (χ2v) is 5.35. The van der Waals surface area contributed by atoms with Crippen molar-refractivity contribution in [3.63, 3.8) is 0 Å². The highest BCUT2D eigenvalue weighted by molar-refractivity contribution is 6.44. The summed E-state index contributed by atoms with van der Waals surface area (Å²) in [5, 5.41) is 0.592. The van der Waals surface area contributed by atoms with E-state index in [9.17, 15) is 13.2 Å². The Morgan fingerprint density at radius 2 is 1.52 bits per heavy atom. The van der Waals surface area contributed by atoms with E-state index in [4.69, 9.17) is 39.5 Å². The first-order valence-electron chi connectivity index (χ1n) is 5.64. The molecule has 112 valence electrons. The zero-order chi connectivity index (χ0) is 15.8. The zero-order valence-electron chi connectivity index (χ0n) is 10.6. The Hall–Kier alpha value is -1.10. The van der Waals surface area contributed by atoms with Crippen LogP contribution >= 0.6 is 34.8 Å². The Labute approximate surface area is 134 Å². The minimum atomic E-state index is -4.54. The molecule has 0 aliphatic carbocycles. The zero-order valence-corrected chi connectivity index (χ0v) is 12.8. The molecule has 21 heavy (non-hydrogen) atoms. The monoisotopic (exact) mass is 354 g/mol. The Balaban J connectivity index is 2.73. The van der Waals surface area contributed by atoms with E-state index in [-0.39, 0.29) is 26.4 Å². The third kappa shape index (κ3) is 3.23. The van der Waals surface area contributed by atoms with Crippen LogP contribution in [-0.2, 0) is 6.18 Å². The molecule has 1 nitrogen and oxygen atoms in total. The second-order valence-electron chi connectivity index (χ2n) is 4.13. The molecule has 7 heteroatoms. The van der Waals surface area contributed by atoms with Gasteiger partial charge in [0.15, 0.2) is 0 Å². The first-order chi connectivity index (χ1) is 9.75. The lowest BCUT2D eigenvalue weighted by molar-refractivity contribution is -0.138. The fourth-order valence-electron chi connectivity index (χ4n) is 1.92. The second kappa shape index (κ2) is 5.95. The average molecular weight is 356 g/mol. The lowest BCUT2D eigenvalue weighted by Crippen LogP contribution is -2.08. The summed E-state index contributed by atoms with van der Waals surface area (Å²) in [6.07, 6.45) is -4.54. The van der Waals surface area contributed by atoms with Crippen LogP contribution in [0.4, 0.5) is 13.2 Å². The van der Waals surface area contributed by atoms with Gasteiger partial charge in [-0.1, -0.05) is 46.9 Å². The van der Waals surface area contributed by atoms with E-state index in [1.165, 1.54) is 31.4 Å². The minimum absolute atomic E-state index is 0.182. The molecule has 0 atom stereocenters. The normalized spacial score (nSPS) is 11.6. The van der Waals surface area contributed by atoms with E-state index in [0.29, 0.717) is 5.56 Å². The SMILES string of the molecule is COc1c(-c2cc(Cl)c(Cl)cc2Cl)cccc1C(F)(F)F. The number of benzene rings is 2. The van der Waals surface area contributed by atoms with Gasteiger partial charge in [0.25, 0.3) is 0 Å². The summed E-state index contributed by atoms with van der Waals surface area (Å²) >= 11 is 17.8. The number of rotatable bonds is 2. The van der Waals surface area contributed by atoms with E-state index in [2.05, 4.69) is 0 Å². The molecular formula is C14H8Cl3F3O. The van der Waals surface area contributed by atoms with Crippen LogP contribution in [0.3, 0.4) is 0 Å². The summed E-state index contributed by atoms with van der Waals surface area (Å²) in [7, 11) is 1.17. The van der Waals surface area contributed by atoms with Crippen LogP contribution in [0.1, 0.15) is 5.56 Å². The fraction of sp³-hybridized carbons (Fsp3) is 0.143. The van der Waals surface area contributed by atoms with Crippen molar-refractivity contribution in [2.45, 2.75) is 6.18 Å². The van der Waals surface area contributed by atoms with Gasteiger partial charge in [-0.2, -0.15) is 13.2 Å². The van der Waals surface area contributed by atoms with E-state index >= 15 is 0 Å². The third-order valence-electron chi connectivity index (χ3n) is 2.82. The molecule has 0 amide bonds. The summed E-state index contributed by atoms with van der Waals surface area (Å²) in [6.45, 7) is 0. The first-order valence-corrected chi connectivity index (χ1v) is 6.78. The van der Waals surface area contributed by atoms with Crippen LogP contribution in [-0.4, -0.2) is 7.11 Å². The van der Waals surface area contributed by atoms with Gasteiger partial charge in [-0.25, -0.2) is 0 Å². The van der Waals surface area contributed by atoms with Crippen LogP contribution in [0.5, 0.6) is 5.75 Å². The van der Waals surface area contributed by atoms with Crippen molar-refractivity contribution in [1.29, 1.82) is 0 Å². The molecule has 2 rings (SSSR count). The van der Waals surface area contributed by atoms with Gasteiger partial charge in [-0.05, 0) is 18.2 Å². The van der Waals surface area contributed by atoms with E-state index < -0.39 is 11.7 Å². The van der Waals surface area contributed by atoms with Gasteiger partial charge in [0.2, 0.25) is 0 Å². The minimum Gasteiger partial charge on any atom is -0.495 e. The molecule has 2 aromatic rings. The van der Waals surface area contributed by atoms with Gasteiger partial charge >= 0.3 is 6.18 Å². The van der Waals surface area contributed by atoms with Gasteiger partial charge in [-0.15, -0.1) is 0 Å². The standard InChI is InChI=1S/C14H8Cl3F3O/c1-21-13-7(3-2-4-9(13)14(18,19)20)8-5-11(16)12(17)6-10(8)15/h2-6H,1H3. The maximum atomic E-state index is 13.0. The molecule has 0 aliphatic heterocycles. The molecule has 0 heterocycles. The molecule has 0 aliphatic rings. The van der Waals surface area contributed by atoms with E-state index in [1.54, 1.807) is 0 Å². The number of hydrogen-bond donors (Lipinski definition) is 0. The molecule has 0 bridgehead atoms. The summed E-state index contributed by atoms with van der Waals surface area (Å²) < 4.78 is 44.0. The number of hydrogen-bond acceptors (Lipinski definition) is 1. The highest BCUT2D eigenvalue weighted by Gasteiger charge is 2.35. The smallest absolute Gasteiger partial charge is 0.419 e. The predicted molar refractivity (Wildman–Crippen MR) is 78.5 cm³/mol. The molecule has 0 unspecified atom stereocenters. The molecule has 0 radical (unpaired) electrons. The van der Waals surface area contributed by atoms with E-state index in [0.717, 1.165) is 6.07 Å². The molecule has 0 saturated heterocycles. The van der Waals surface area contributed by atoms with Crippen LogP contribution in [0, 0.1) is 0 Å². The molecule has 0 N–H and O–H groups in total. The summed E-state index contributed by atoms with van der Waals surface area (Å²) in [4.78, 5) is 0. The molecule has 0 saturated carbocycles. The van der Waals surface area contributed by atoms with Crippen molar-refractivity contribution in [1.82, 2.24) is 0 Å². The third-order valence-corrected chi connectivity index (χ3v) is 3.86. The maximum Gasteiger partial charge on any atom is 0.419 e. The Morgan fingerprint density at radius 1 is 0.905 bits per heavy atom. The number of halogens is 6. The summed E-state index contributed by atoms with van der Waals surface area (Å²) in [5.41, 5.74) is -0.380. The Kier molecular flexibility index (Phi) is 4.61. The first kappa shape index (κ1) is 16.3. The summed E-state index contributed by atoms with van der Waals surface area (Å²) in [5.74, 6) is -0.315. The number of para-hydroxylation sites is 1. The van der Waals surface area contributed by atoms with Crippen molar-refractivity contribution >= 4 is 34.8 Å². The van der Waals surface area contributed by atoms with Crippen molar-refractivity contribution in [3.8, 4) is 16.9 Å². The topological polar surface area (TPSA) is 9.23 Å². The van der Waals surface area contributed by atoms with Crippen molar-refractivity contribution in [3.05, 3.63) is 51.0 Å². The van der Waals surface area contributed by atoms with Crippen LogP contribution in [0.2, 0.25) is 15.1 Å². The van der Waals surface area contributed by atoms with E-state index in [1.807, 2.05) is 0 Å². The van der Waals surface area contributed by atoms with Crippen LogP contribution < -0.4 is 4.74 Å². The van der Waals surface area contributed by atoms with Crippen molar-refractivity contribution < 1.29 is 17.9 Å². The quantitative estimate of drug-likeness (QED) is 0.571. The molecule has 0 aromatic heterocycles. The van der Waals surface area contributed by atoms with Gasteiger partial charge < -0.3 is 4.74 Å². The highest BCUT2D eigenvalue weighted by atomic mass is 35.5. The summed E-state index contributed by atoms with van der Waals surface area (Å²) in [6, 6.07) is 6.47. The van der Waals surface area contributed by atoms with Crippen LogP contribution in [0.15, 0.2) is 30.3 Å². The molecule has 0 fully saturated rings. The van der Waals surface area contributed by atoms with Crippen molar-refractivity contribution in [2.75, 3.05) is 7.11 Å². The largest absolute Gasteiger partial charge is 0.495 e. The molecule has 0 spiro atoms. The number of ether oxygens (including phenoxy) is 1. The molecule has 2 aromatic carbocycles. The van der Waals surface area contributed by atoms with Gasteiger partial charge in [0.05, 0.1) is 27.7 Å². The Bertz CT molecular complexity index is 684. The number of alkyl halides is 3. The van der Waals surface area contributed by atoms with Crippen molar-refractivity contribution in [2.24, 2.45) is 0 Å². The van der Waals surface area contributed by atoms with Gasteiger partial charge in [0.1, 0.15) is 5.75 Å².